The smallest absolute Gasteiger partial charge is 0.331 e. The van der Waals surface area contributed by atoms with Gasteiger partial charge in [-0.15, -0.1) is 0 Å². The summed E-state index contributed by atoms with van der Waals surface area (Å²) in [5, 5.41) is 0. The Kier molecular flexibility index (Phi) is 4.51. The van der Waals surface area contributed by atoms with E-state index >= 15 is 0 Å². The average Bonchev–Trinajstić information content (AvgIpc) is 2.29. The van der Waals surface area contributed by atoms with Crippen molar-refractivity contribution in [2.45, 2.75) is 6.54 Å². The van der Waals surface area contributed by atoms with Gasteiger partial charge in [0.15, 0.2) is 0 Å². The van der Waals surface area contributed by atoms with E-state index in [9.17, 15) is 9.18 Å². The molecule has 16 heavy (non-hydrogen) atoms. The molecule has 1 aromatic carbocycles. The van der Waals surface area contributed by atoms with E-state index in [1.807, 2.05) is 11.9 Å². The standard InChI is InChI=1S/C12H14FNO2/c1-14(8-7-12(15)16-2)9-10-3-5-11(13)6-4-10/h3-8H,9H2,1-2H3. The van der Waals surface area contributed by atoms with Crippen LogP contribution in [0.15, 0.2) is 36.5 Å². The zero-order chi connectivity index (χ0) is 12.0. The molecule has 0 unspecified atom stereocenters. The Morgan fingerprint density at radius 3 is 2.62 bits per heavy atom. The normalized spacial score (nSPS) is 10.4. The van der Waals surface area contributed by atoms with Crippen LogP contribution in [0.25, 0.3) is 0 Å². The predicted molar refractivity (Wildman–Crippen MR) is 59.0 cm³/mol. The number of esters is 1. The van der Waals surface area contributed by atoms with Gasteiger partial charge in [0.1, 0.15) is 5.82 Å². The predicted octanol–water partition coefficient (Wildman–Crippen LogP) is 1.94. The summed E-state index contributed by atoms with van der Waals surface area (Å²) in [7, 11) is 3.15. The van der Waals surface area contributed by atoms with Gasteiger partial charge in [-0.3, -0.25) is 0 Å². The third kappa shape index (κ3) is 4.13. The van der Waals surface area contributed by atoms with Gasteiger partial charge in [-0.1, -0.05) is 12.1 Å². The zero-order valence-electron chi connectivity index (χ0n) is 9.31. The molecule has 0 heterocycles. The molecule has 0 aliphatic carbocycles. The first-order valence-electron chi connectivity index (χ1n) is 4.82. The van der Waals surface area contributed by atoms with Gasteiger partial charge in [0.2, 0.25) is 0 Å². The summed E-state index contributed by atoms with van der Waals surface area (Å²) in [6, 6.07) is 6.23. The lowest BCUT2D eigenvalue weighted by Gasteiger charge is -2.13. The lowest BCUT2D eigenvalue weighted by molar-refractivity contribution is -0.134. The first-order valence-corrected chi connectivity index (χ1v) is 4.82. The highest BCUT2D eigenvalue weighted by molar-refractivity contribution is 5.81. The van der Waals surface area contributed by atoms with Crippen molar-refractivity contribution >= 4 is 5.97 Å². The fraction of sp³-hybridized carbons (Fsp3) is 0.250. The number of benzene rings is 1. The van der Waals surface area contributed by atoms with Crippen LogP contribution in [0.1, 0.15) is 5.56 Å². The van der Waals surface area contributed by atoms with Crippen LogP contribution in [-0.4, -0.2) is 25.0 Å². The third-order valence-electron chi connectivity index (χ3n) is 2.01. The number of hydrogen-bond donors (Lipinski definition) is 0. The quantitative estimate of drug-likeness (QED) is 0.577. The van der Waals surface area contributed by atoms with Gasteiger partial charge in [-0.25, -0.2) is 9.18 Å². The molecular formula is C12H14FNO2. The van der Waals surface area contributed by atoms with Crippen LogP contribution in [0, 0.1) is 5.82 Å². The monoisotopic (exact) mass is 223 g/mol. The Bertz CT molecular complexity index is 373. The van der Waals surface area contributed by atoms with E-state index in [0.29, 0.717) is 6.54 Å². The summed E-state index contributed by atoms with van der Waals surface area (Å²) >= 11 is 0. The molecule has 0 saturated carbocycles. The summed E-state index contributed by atoms with van der Waals surface area (Å²) in [5.41, 5.74) is 0.971. The fourth-order valence-corrected chi connectivity index (χ4v) is 1.19. The van der Waals surface area contributed by atoms with Crippen LogP contribution in [0.2, 0.25) is 0 Å². The first kappa shape index (κ1) is 12.2. The molecular weight excluding hydrogens is 209 g/mol. The van der Waals surface area contributed by atoms with Crippen molar-refractivity contribution in [3.63, 3.8) is 0 Å². The minimum atomic E-state index is -0.397. The molecule has 0 aliphatic heterocycles. The van der Waals surface area contributed by atoms with E-state index in [2.05, 4.69) is 4.74 Å². The molecule has 86 valence electrons. The van der Waals surface area contributed by atoms with Crippen molar-refractivity contribution in [1.29, 1.82) is 0 Å². The SMILES string of the molecule is COC(=O)C=CN(C)Cc1ccc(F)cc1. The fourth-order valence-electron chi connectivity index (χ4n) is 1.19. The highest BCUT2D eigenvalue weighted by Gasteiger charge is 1.97. The van der Waals surface area contributed by atoms with E-state index in [4.69, 9.17) is 0 Å². The summed E-state index contributed by atoms with van der Waals surface area (Å²) in [6.45, 7) is 0.605. The molecule has 0 aliphatic rings. The van der Waals surface area contributed by atoms with E-state index < -0.39 is 5.97 Å². The molecule has 4 heteroatoms. The Labute approximate surface area is 94.1 Å². The summed E-state index contributed by atoms with van der Waals surface area (Å²) < 4.78 is 17.1. The van der Waals surface area contributed by atoms with Crippen molar-refractivity contribution < 1.29 is 13.9 Å². The molecule has 0 saturated heterocycles. The highest BCUT2D eigenvalue weighted by Crippen LogP contribution is 2.05. The minimum Gasteiger partial charge on any atom is -0.466 e. The largest absolute Gasteiger partial charge is 0.466 e. The van der Waals surface area contributed by atoms with Gasteiger partial charge in [0, 0.05) is 25.9 Å². The summed E-state index contributed by atoms with van der Waals surface area (Å²) in [6.07, 6.45) is 2.96. The van der Waals surface area contributed by atoms with Gasteiger partial charge < -0.3 is 9.64 Å². The maximum Gasteiger partial charge on any atom is 0.331 e. The molecule has 0 N–H and O–H groups in total. The van der Waals surface area contributed by atoms with Gasteiger partial charge in [0.25, 0.3) is 0 Å². The minimum absolute atomic E-state index is 0.253. The molecule has 0 amide bonds. The maximum atomic E-state index is 12.6. The average molecular weight is 223 g/mol. The molecule has 0 spiro atoms. The molecule has 1 aromatic rings. The van der Waals surface area contributed by atoms with E-state index in [1.165, 1.54) is 25.3 Å². The lowest BCUT2D eigenvalue weighted by atomic mass is 10.2. The second kappa shape index (κ2) is 5.90. The molecule has 0 atom stereocenters. The van der Waals surface area contributed by atoms with E-state index in [0.717, 1.165) is 5.56 Å². The zero-order valence-corrected chi connectivity index (χ0v) is 9.31. The number of halogens is 1. The first-order chi connectivity index (χ1) is 7.61. The Balaban J connectivity index is 2.51. The van der Waals surface area contributed by atoms with Crippen LogP contribution in [0.3, 0.4) is 0 Å². The lowest BCUT2D eigenvalue weighted by Crippen LogP contribution is -2.11. The van der Waals surface area contributed by atoms with Crippen molar-refractivity contribution in [3.05, 3.63) is 47.9 Å². The number of carbonyl (C=O) groups excluding carboxylic acids is 1. The third-order valence-corrected chi connectivity index (χ3v) is 2.01. The van der Waals surface area contributed by atoms with Crippen molar-refractivity contribution in [2.24, 2.45) is 0 Å². The van der Waals surface area contributed by atoms with Gasteiger partial charge >= 0.3 is 5.97 Å². The van der Waals surface area contributed by atoms with Crippen LogP contribution >= 0.6 is 0 Å². The summed E-state index contributed by atoms with van der Waals surface area (Å²) in [5.74, 6) is -0.650. The highest BCUT2D eigenvalue weighted by atomic mass is 19.1. The number of rotatable bonds is 4. The van der Waals surface area contributed by atoms with E-state index in [1.54, 1.807) is 18.3 Å². The van der Waals surface area contributed by atoms with Gasteiger partial charge in [-0.05, 0) is 17.7 Å². The summed E-state index contributed by atoms with van der Waals surface area (Å²) in [4.78, 5) is 12.6. The molecule has 0 bridgehead atoms. The number of hydrogen-bond acceptors (Lipinski definition) is 3. The molecule has 3 nitrogen and oxygen atoms in total. The van der Waals surface area contributed by atoms with Crippen LogP contribution < -0.4 is 0 Å². The van der Waals surface area contributed by atoms with Crippen LogP contribution in [0.4, 0.5) is 4.39 Å². The number of nitrogens with zero attached hydrogens (tertiary/aromatic N) is 1. The maximum absolute atomic E-state index is 12.6. The second-order valence-electron chi connectivity index (χ2n) is 3.38. The molecule has 1 rings (SSSR count). The topological polar surface area (TPSA) is 29.5 Å². The van der Waals surface area contributed by atoms with Crippen molar-refractivity contribution in [3.8, 4) is 0 Å². The van der Waals surface area contributed by atoms with Crippen LogP contribution in [-0.2, 0) is 16.1 Å². The number of carbonyl (C=O) groups is 1. The Morgan fingerprint density at radius 1 is 1.44 bits per heavy atom. The Hall–Kier alpha value is -1.84. The molecule has 0 aromatic heterocycles. The van der Waals surface area contributed by atoms with Crippen molar-refractivity contribution in [1.82, 2.24) is 4.90 Å². The van der Waals surface area contributed by atoms with E-state index in [-0.39, 0.29) is 5.82 Å². The second-order valence-corrected chi connectivity index (χ2v) is 3.38. The number of ether oxygens (including phenoxy) is 1. The Morgan fingerprint density at radius 2 is 2.06 bits per heavy atom. The number of methoxy groups -OCH3 is 1. The van der Waals surface area contributed by atoms with Crippen molar-refractivity contribution in [2.75, 3.05) is 14.2 Å². The van der Waals surface area contributed by atoms with Gasteiger partial charge in [0.05, 0.1) is 7.11 Å². The molecule has 0 radical (unpaired) electrons. The van der Waals surface area contributed by atoms with Crippen LogP contribution in [0.5, 0.6) is 0 Å². The van der Waals surface area contributed by atoms with Gasteiger partial charge in [-0.2, -0.15) is 0 Å². The molecule has 0 fully saturated rings.